The molecule has 1 rings (SSSR count). The van der Waals surface area contributed by atoms with Crippen LogP contribution in [0.1, 0.15) is 16.1 Å². The molecule has 0 aromatic carbocycles. The van der Waals surface area contributed by atoms with E-state index in [1.165, 1.54) is 4.90 Å². The van der Waals surface area contributed by atoms with Gasteiger partial charge in [-0.05, 0) is 17.7 Å². The minimum Gasteiger partial charge on any atom is -0.343 e. The molecule has 0 N–H and O–H groups in total. The average molecular weight is 235 g/mol. The second-order valence-corrected chi connectivity index (χ2v) is 3.15. The number of carbonyl (C=O) groups excluding carboxylic acids is 1. The summed E-state index contributed by atoms with van der Waals surface area (Å²) in [5.41, 5.74) is 1.34. The molecule has 1 aromatic rings. The molecule has 0 radical (unpaired) electrons. The summed E-state index contributed by atoms with van der Waals surface area (Å²) in [6.45, 7) is 0. The summed E-state index contributed by atoms with van der Waals surface area (Å²) in [4.78, 5) is 16.9. The fourth-order valence-electron chi connectivity index (χ4n) is 0.903. The number of carbonyl (C=O) groups is 1. The lowest BCUT2D eigenvalue weighted by Gasteiger charge is -2.09. The Balaban J connectivity index is 0.00000169. The van der Waals surface area contributed by atoms with Gasteiger partial charge in [0.25, 0.3) is 5.91 Å². The van der Waals surface area contributed by atoms with Gasteiger partial charge in [0.05, 0.1) is 0 Å². The smallest absolute Gasteiger partial charge is 0.271 e. The molecule has 5 heteroatoms. The van der Waals surface area contributed by atoms with Crippen LogP contribution in [-0.2, 0) is 5.88 Å². The van der Waals surface area contributed by atoms with Crippen LogP contribution >= 0.6 is 24.0 Å². The largest absolute Gasteiger partial charge is 0.343 e. The third-order valence-corrected chi connectivity index (χ3v) is 1.91. The van der Waals surface area contributed by atoms with Gasteiger partial charge in [0.15, 0.2) is 0 Å². The Morgan fingerprint density at radius 2 is 2.21 bits per heavy atom. The van der Waals surface area contributed by atoms with Gasteiger partial charge in [-0.1, -0.05) is 0 Å². The van der Waals surface area contributed by atoms with Crippen molar-refractivity contribution in [3.8, 4) is 0 Å². The van der Waals surface area contributed by atoms with Crippen molar-refractivity contribution in [2.75, 3.05) is 14.1 Å². The molecule has 3 nitrogen and oxygen atoms in total. The van der Waals surface area contributed by atoms with Crippen molar-refractivity contribution in [1.29, 1.82) is 0 Å². The van der Waals surface area contributed by atoms with E-state index in [1.807, 2.05) is 0 Å². The quantitative estimate of drug-likeness (QED) is 0.734. The fourth-order valence-corrected chi connectivity index (χ4v) is 1.07. The van der Waals surface area contributed by atoms with Crippen LogP contribution in [0.5, 0.6) is 0 Å². The minimum atomic E-state index is -0.105. The van der Waals surface area contributed by atoms with Gasteiger partial charge >= 0.3 is 0 Å². The lowest BCUT2D eigenvalue weighted by Crippen LogP contribution is -2.22. The fraction of sp³-hybridized carbons (Fsp3) is 0.333. The van der Waals surface area contributed by atoms with Gasteiger partial charge in [0.1, 0.15) is 5.69 Å². The second-order valence-electron chi connectivity index (χ2n) is 2.88. The first-order chi connectivity index (χ1) is 6.15. The molecule has 0 bridgehead atoms. The number of nitrogens with zero attached hydrogens (tertiary/aromatic N) is 2. The van der Waals surface area contributed by atoms with Crippen LogP contribution in [0, 0.1) is 0 Å². The van der Waals surface area contributed by atoms with Crippen LogP contribution in [-0.4, -0.2) is 29.9 Å². The Kier molecular flexibility index (Phi) is 5.50. The van der Waals surface area contributed by atoms with Crippen molar-refractivity contribution < 1.29 is 4.79 Å². The van der Waals surface area contributed by atoms with Crippen molar-refractivity contribution in [3.63, 3.8) is 0 Å². The predicted octanol–water partition coefficient (Wildman–Crippen LogP) is 1.94. The number of hydrogen-bond donors (Lipinski definition) is 0. The average Bonchev–Trinajstić information content (AvgIpc) is 2.16. The minimum absolute atomic E-state index is 0. The van der Waals surface area contributed by atoms with Crippen molar-refractivity contribution in [2.45, 2.75) is 5.88 Å². The summed E-state index contributed by atoms with van der Waals surface area (Å²) < 4.78 is 0. The van der Waals surface area contributed by atoms with Gasteiger partial charge in [-0.15, -0.1) is 24.0 Å². The zero-order valence-corrected chi connectivity index (χ0v) is 9.60. The molecule has 1 heterocycles. The van der Waals surface area contributed by atoms with Crippen LogP contribution in [0.15, 0.2) is 18.3 Å². The Labute approximate surface area is 94.5 Å². The molecule has 0 aliphatic carbocycles. The third kappa shape index (κ3) is 3.16. The van der Waals surface area contributed by atoms with E-state index in [9.17, 15) is 4.79 Å². The molecule has 78 valence electrons. The normalized spacial score (nSPS) is 9.07. The molecule has 0 fully saturated rings. The SMILES string of the molecule is CN(C)C(=O)c1cc(CCl)ccn1.Cl. The first-order valence-corrected chi connectivity index (χ1v) is 4.41. The highest BCUT2D eigenvalue weighted by atomic mass is 35.5. The van der Waals surface area contributed by atoms with Crippen molar-refractivity contribution in [2.24, 2.45) is 0 Å². The summed E-state index contributed by atoms with van der Waals surface area (Å²) in [6.07, 6.45) is 1.59. The Hall–Kier alpha value is -0.800. The number of alkyl halides is 1. The summed E-state index contributed by atoms with van der Waals surface area (Å²) in [7, 11) is 3.38. The van der Waals surface area contributed by atoms with E-state index in [2.05, 4.69) is 4.98 Å². The van der Waals surface area contributed by atoms with Crippen molar-refractivity contribution >= 4 is 29.9 Å². The molecule has 0 atom stereocenters. The Bertz CT molecular complexity index is 315. The lowest BCUT2D eigenvalue weighted by molar-refractivity contribution is 0.0822. The number of hydrogen-bond acceptors (Lipinski definition) is 2. The number of aromatic nitrogens is 1. The lowest BCUT2D eigenvalue weighted by atomic mass is 10.2. The number of pyridine rings is 1. The van der Waals surface area contributed by atoms with Crippen LogP contribution < -0.4 is 0 Å². The maximum atomic E-state index is 11.4. The molecule has 0 saturated heterocycles. The Morgan fingerprint density at radius 3 is 2.71 bits per heavy atom. The van der Waals surface area contributed by atoms with Crippen LogP contribution in [0.3, 0.4) is 0 Å². The molecule has 0 aliphatic rings. The zero-order chi connectivity index (χ0) is 9.84. The van der Waals surface area contributed by atoms with Gasteiger partial charge < -0.3 is 4.90 Å². The van der Waals surface area contributed by atoms with E-state index in [1.54, 1.807) is 32.4 Å². The second kappa shape index (κ2) is 5.83. The maximum absolute atomic E-state index is 11.4. The predicted molar refractivity (Wildman–Crippen MR) is 59.1 cm³/mol. The van der Waals surface area contributed by atoms with Gasteiger partial charge in [0, 0.05) is 26.2 Å². The van der Waals surface area contributed by atoms with Crippen LogP contribution in [0.25, 0.3) is 0 Å². The molecular formula is C9H12Cl2N2O. The first-order valence-electron chi connectivity index (χ1n) is 3.87. The molecule has 0 unspecified atom stereocenters. The molecule has 0 aliphatic heterocycles. The topological polar surface area (TPSA) is 33.2 Å². The zero-order valence-electron chi connectivity index (χ0n) is 8.03. The van der Waals surface area contributed by atoms with Gasteiger partial charge in [-0.25, -0.2) is 0 Å². The van der Waals surface area contributed by atoms with E-state index in [0.29, 0.717) is 11.6 Å². The molecule has 0 spiro atoms. The van der Waals surface area contributed by atoms with Crippen molar-refractivity contribution in [3.05, 3.63) is 29.6 Å². The highest BCUT2D eigenvalue weighted by molar-refractivity contribution is 6.17. The summed E-state index contributed by atoms with van der Waals surface area (Å²) in [6, 6.07) is 3.49. The first kappa shape index (κ1) is 13.2. The van der Waals surface area contributed by atoms with E-state index in [4.69, 9.17) is 11.6 Å². The van der Waals surface area contributed by atoms with Gasteiger partial charge in [-0.2, -0.15) is 0 Å². The van der Waals surface area contributed by atoms with E-state index in [0.717, 1.165) is 5.56 Å². The standard InChI is InChI=1S/C9H11ClN2O.ClH/c1-12(2)9(13)8-5-7(6-10)3-4-11-8;/h3-5H,6H2,1-2H3;1H. The molecule has 1 aromatic heterocycles. The third-order valence-electron chi connectivity index (χ3n) is 1.60. The number of amides is 1. The summed E-state index contributed by atoms with van der Waals surface area (Å²) >= 11 is 5.63. The number of rotatable bonds is 2. The highest BCUT2D eigenvalue weighted by Gasteiger charge is 2.08. The summed E-state index contributed by atoms with van der Waals surface area (Å²) in [5.74, 6) is 0.294. The molecular weight excluding hydrogens is 223 g/mol. The van der Waals surface area contributed by atoms with E-state index >= 15 is 0 Å². The van der Waals surface area contributed by atoms with Gasteiger partial charge in [-0.3, -0.25) is 9.78 Å². The number of halogens is 2. The molecule has 1 amide bonds. The molecule has 0 saturated carbocycles. The summed E-state index contributed by atoms with van der Waals surface area (Å²) in [5, 5.41) is 0. The highest BCUT2D eigenvalue weighted by Crippen LogP contribution is 2.06. The maximum Gasteiger partial charge on any atom is 0.271 e. The Morgan fingerprint density at radius 1 is 1.57 bits per heavy atom. The van der Waals surface area contributed by atoms with Crippen LogP contribution in [0.2, 0.25) is 0 Å². The van der Waals surface area contributed by atoms with E-state index < -0.39 is 0 Å². The monoisotopic (exact) mass is 234 g/mol. The van der Waals surface area contributed by atoms with E-state index in [-0.39, 0.29) is 18.3 Å². The van der Waals surface area contributed by atoms with Gasteiger partial charge in [0.2, 0.25) is 0 Å². The molecule has 14 heavy (non-hydrogen) atoms. The van der Waals surface area contributed by atoms with Crippen LogP contribution in [0.4, 0.5) is 0 Å². The van der Waals surface area contributed by atoms with Crippen molar-refractivity contribution in [1.82, 2.24) is 9.88 Å².